The van der Waals surface area contributed by atoms with Crippen LogP contribution in [0, 0.1) is 5.92 Å². The molecule has 1 aliphatic rings. The van der Waals surface area contributed by atoms with E-state index in [4.69, 9.17) is 4.42 Å². The van der Waals surface area contributed by atoms with Gasteiger partial charge in [0.15, 0.2) is 5.58 Å². The molecule has 2 amide bonds. The number of aromatic nitrogens is 1. The van der Waals surface area contributed by atoms with Crippen LogP contribution in [0.25, 0.3) is 11.1 Å². The molecule has 7 nitrogen and oxygen atoms in total. The van der Waals surface area contributed by atoms with E-state index in [0.29, 0.717) is 35.8 Å². The molecule has 1 aromatic heterocycles. The molecule has 0 spiro atoms. The van der Waals surface area contributed by atoms with Gasteiger partial charge in [-0.25, -0.2) is 4.79 Å². The number of rotatable bonds is 4. The molecule has 29 heavy (non-hydrogen) atoms. The SMILES string of the molecule is O=C(Nc1ccc2[nH]c(=O)oc2c1)C(=O)N1CCC(CCc2ccccc2)CC1. The number of oxazole rings is 1. The molecule has 2 heterocycles. The van der Waals surface area contributed by atoms with Crippen LogP contribution in [-0.2, 0) is 16.0 Å². The normalized spacial score (nSPS) is 14.8. The van der Waals surface area contributed by atoms with E-state index in [1.165, 1.54) is 11.6 Å². The quantitative estimate of drug-likeness (QED) is 0.666. The van der Waals surface area contributed by atoms with Crippen LogP contribution in [0.4, 0.5) is 5.69 Å². The number of piperidine rings is 1. The average molecular weight is 393 g/mol. The monoisotopic (exact) mass is 393 g/mol. The van der Waals surface area contributed by atoms with E-state index in [9.17, 15) is 14.4 Å². The van der Waals surface area contributed by atoms with Gasteiger partial charge in [0.25, 0.3) is 0 Å². The van der Waals surface area contributed by atoms with Crippen LogP contribution in [0.1, 0.15) is 24.8 Å². The van der Waals surface area contributed by atoms with E-state index in [1.807, 2.05) is 6.07 Å². The molecular formula is C22H23N3O4. The van der Waals surface area contributed by atoms with Gasteiger partial charge < -0.3 is 14.6 Å². The molecule has 2 aromatic carbocycles. The lowest BCUT2D eigenvalue weighted by molar-refractivity contribution is -0.144. The second-order valence-corrected chi connectivity index (χ2v) is 7.44. The molecular weight excluding hydrogens is 370 g/mol. The molecule has 0 saturated carbocycles. The molecule has 1 aliphatic heterocycles. The average Bonchev–Trinajstić information content (AvgIpc) is 3.12. The predicted molar refractivity (Wildman–Crippen MR) is 110 cm³/mol. The molecule has 0 bridgehead atoms. The Hall–Kier alpha value is -3.35. The van der Waals surface area contributed by atoms with Crippen molar-refractivity contribution in [3.05, 3.63) is 64.6 Å². The fraction of sp³-hybridized carbons (Fsp3) is 0.318. The highest BCUT2D eigenvalue weighted by Gasteiger charge is 2.27. The van der Waals surface area contributed by atoms with Gasteiger partial charge in [-0.2, -0.15) is 0 Å². The zero-order valence-corrected chi connectivity index (χ0v) is 16.0. The lowest BCUT2D eigenvalue weighted by atomic mass is 9.90. The van der Waals surface area contributed by atoms with Crippen LogP contribution < -0.4 is 11.1 Å². The van der Waals surface area contributed by atoms with Crippen molar-refractivity contribution in [1.29, 1.82) is 0 Å². The van der Waals surface area contributed by atoms with Gasteiger partial charge in [0, 0.05) is 24.8 Å². The summed E-state index contributed by atoms with van der Waals surface area (Å²) in [4.78, 5) is 40.2. The first kappa shape index (κ1) is 19.0. The highest BCUT2D eigenvalue weighted by atomic mass is 16.4. The Kier molecular flexibility index (Phi) is 5.46. The highest BCUT2D eigenvalue weighted by Crippen LogP contribution is 2.23. The maximum atomic E-state index is 12.5. The van der Waals surface area contributed by atoms with Crippen LogP contribution >= 0.6 is 0 Å². The van der Waals surface area contributed by atoms with Crippen molar-refractivity contribution in [1.82, 2.24) is 9.88 Å². The molecule has 0 radical (unpaired) electrons. The van der Waals surface area contributed by atoms with Crippen LogP contribution in [0.2, 0.25) is 0 Å². The Morgan fingerprint density at radius 3 is 2.62 bits per heavy atom. The summed E-state index contributed by atoms with van der Waals surface area (Å²) in [5.74, 6) is -1.19. The van der Waals surface area contributed by atoms with Crippen molar-refractivity contribution >= 4 is 28.6 Å². The van der Waals surface area contributed by atoms with E-state index in [2.05, 4.69) is 34.6 Å². The minimum atomic E-state index is -0.676. The maximum Gasteiger partial charge on any atom is 0.417 e. The number of hydrogen-bond acceptors (Lipinski definition) is 4. The molecule has 3 aromatic rings. The number of aromatic amines is 1. The smallest absolute Gasteiger partial charge is 0.408 e. The molecule has 0 atom stereocenters. The zero-order valence-electron chi connectivity index (χ0n) is 16.0. The highest BCUT2D eigenvalue weighted by molar-refractivity contribution is 6.39. The van der Waals surface area contributed by atoms with Gasteiger partial charge in [0.1, 0.15) is 0 Å². The summed E-state index contributed by atoms with van der Waals surface area (Å²) in [7, 11) is 0. The molecule has 1 fully saturated rings. The molecule has 4 rings (SSSR count). The van der Waals surface area contributed by atoms with Crippen molar-refractivity contribution in [2.24, 2.45) is 5.92 Å². The molecule has 7 heteroatoms. The number of carbonyl (C=O) groups is 2. The second-order valence-electron chi connectivity index (χ2n) is 7.44. The Labute approximate surface area is 167 Å². The number of hydrogen-bond donors (Lipinski definition) is 2. The number of H-pyrrole nitrogens is 1. The molecule has 2 N–H and O–H groups in total. The van der Waals surface area contributed by atoms with E-state index in [0.717, 1.165) is 25.7 Å². The Balaban J connectivity index is 1.28. The minimum Gasteiger partial charge on any atom is -0.408 e. The summed E-state index contributed by atoms with van der Waals surface area (Å²) in [5, 5.41) is 2.59. The van der Waals surface area contributed by atoms with E-state index >= 15 is 0 Å². The number of likely N-dealkylation sites (tertiary alicyclic amines) is 1. The fourth-order valence-corrected chi connectivity index (χ4v) is 3.79. The summed E-state index contributed by atoms with van der Waals surface area (Å²) in [6.07, 6.45) is 3.95. The number of nitrogens with zero attached hydrogens (tertiary/aromatic N) is 1. The number of carbonyl (C=O) groups excluding carboxylic acids is 2. The molecule has 1 saturated heterocycles. The van der Waals surface area contributed by atoms with Crippen LogP contribution in [0.5, 0.6) is 0 Å². The van der Waals surface area contributed by atoms with Gasteiger partial charge in [0.05, 0.1) is 5.52 Å². The number of anilines is 1. The van der Waals surface area contributed by atoms with Gasteiger partial charge in [-0.3, -0.25) is 14.6 Å². The first-order valence-electron chi connectivity index (χ1n) is 9.85. The Bertz CT molecular complexity index is 1060. The zero-order chi connectivity index (χ0) is 20.2. The van der Waals surface area contributed by atoms with Crippen LogP contribution in [0.3, 0.4) is 0 Å². The third-order valence-electron chi connectivity index (χ3n) is 5.46. The molecule has 0 unspecified atom stereocenters. The first-order valence-corrected chi connectivity index (χ1v) is 9.85. The number of nitrogens with one attached hydrogen (secondary N) is 2. The first-order chi connectivity index (χ1) is 14.1. The maximum absolute atomic E-state index is 12.5. The predicted octanol–water partition coefficient (Wildman–Crippen LogP) is 2.93. The van der Waals surface area contributed by atoms with Crippen LogP contribution in [-0.4, -0.2) is 34.8 Å². The summed E-state index contributed by atoms with van der Waals surface area (Å²) < 4.78 is 4.98. The number of amides is 2. The fourth-order valence-electron chi connectivity index (χ4n) is 3.79. The number of fused-ring (bicyclic) bond motifs is 1. The lowest BCUT2D eigenvalue weighted by Gasteiger charge is -2.31. The van der Waals surface area contributed by atoms with Gasteiger partial charge in [-0.1, -0.05) is 30.3 Å². The van der Waals surface area contributed by atoms with Crippen molar-refractivity contribution < 1.29 is 14.0 Å². The minimum absolute atomic E-state index is 0.333. The Morgan fingerprint density at radius 2 is 1.86 bits per heavy atom. The van der Waals surface area contributed by atoms with Gasteiger partial charge in [-0.15, -0.1) is 0 Å². The standard InChI is InChI=1S/C22H23N3O4/c26-20(23-17-8-9-18-19(14-17)29-22(28)24-18)21(27)25-12-10-16(11-13-25)7-6-15-4-2-1-3-5-15/h1-5,8-9,14,16H,6-7,10-13H2,(H,23,26)(H,24,28). The second kappa shape index (κ2) is 8.34. The molecule has 150 valence electrons. The van der Waals surface area contributed by atoms with Gasteiger partial charge in [0.2, 0.25) is 0 Å². The summed E-state index contributed by atoms with van der Waals surface area (Å²) in [6.45, 7) is 1.19. The van der Waals surface area contributed by atoms with Crippen LogP contribution in [0.15, 0.2) is 57.7 Å². The third-order valence-corrected chi connectivity index (χ3v) is 5.46. The summed E-state index contributed by atoms with van der Waals surface area (Å²) in [5.41, 5.74) is 2.62. The van der Waals surface area contributed by atoms with Crippen molar-refractivity contribution in [3.8, 4) is 0 Å². The lowest BCUT2D eigenvalue weighted by Crippen LogP contribution is -2.44. The Morgan fingerprint density at radius 1 is 1.10 bits per heavy atom. The number of benzene rings is 2. The molecule has 0 aliphatic carbocycles. The topological polar surface area (TPSA) is 95.4 Å². The largest absolute Gasteiger partial charge is 0.417 e. The van der Waals surface area contributed by atoms with Crippen molar-refractivity contribution in [2.75, 3.05) is 18.4 Å². The number of aryl methyl sites for hydroxylation is 1. The van der Waals surface area contributed by atoms with Crippen molar-refractivity contribution in [2.45, 2.75) is 25.7 Å². The summed E-state index contributed by atoms with van der Waals surface area (Å²) >= 11 is 0. The van der Waals surface area contributed by atoms with E-state index in [1.54, 1.807) is 17.0 Å². The van der Waals surface area contributed by atoms with Crippen molar-refractivity contribution in [3.63, 3.8) is 0 Å². The van der Waals surface area contributed by atoms with E-state index in [-0.39, 0.29) is 0 Å². The van der Waals surface area contributed by atoms with Gasteiger partial charge in [-0.05, 0) is 49.3 Å². The summed E-state index contributed by atoms with van der Waals surface area (Å²) in [6, 6.07) is 15.2. The van der Waals surface area contributed by atoms with E-state index < -0.39 is 17.6 Å². The third kappa shape index (κ3) is 4.56. The van der Waals surface area contributed by atoms with Gasteiger partial charge >= 0.3 is 17.6 Å².